The van der Waals surface area contributed by atoms with E-state index in [9.17, 15) is 13.5 Å². The van der Waals surface area contributed by atoms with Gasteiger partial charge in [0.05, 0.1) is 4.90 Å². The second kappa shape index (κ2) is 6.87. The van der Waals surface area contributed by atoms with Crippen LogP contribution in [0.4, 0.5) is 0 Å². The molecule has 1 aromatic rings. The number of aliphatic hydroxyl groups excluding tert-OH is 1. The molecule has 0 aliphatic carbocycles. The molecule has 1 fully saturated rings. The minimum absolute atomic E-state index is 0.0445. The molecular weight excluding hydrogens is 288 g/mol. The highest BCUT2D eigenvalue weighted by atomic mass is 32.2. The zero-order valence-electron chi connectivity index (χ0n) is 12.6. The van der Waals surface area contributed by atoms with Crippen LogP contribution >= 0.6 is 0 Å². The number of nitrogens with zero attached hydrogens (tertiary/aromatic N) is 1. The lowest BCUT2D eigenvalue weighted by Crippen LogP contribution is -2.40. The summed E-state index contributed by atoms with van der Waals surface area (Å²) in [6, 6.07) is 7.19. The summed E-state index contributed by atoms with van der Waals surface area (Å²) in [6.07, 6.45) is 1.69. The van der Waals surface area contributed by atoms with Crippen molar-refractivity contribution >= 4 is 10.0 Å². The van der Waals surface area contributed by atoms with Crippen LogP contribution in [0.1, 0.15) is 31.4 Å². The zero-order chi connectivity index (χ0) is 15.5. The second-order valence-corrected chi connectivity index (χ2v) is 7.57. The lowest BCUT2D eigenvalue weighted by molar-refractivity contribution is 0.165. The summed E-state index contributed by atoms with van der Waals surface area (Å²) in [7, 11) is -1.63. The highest BCUT2D eigenvalue weighted by molar-refractivity contribution is 7.89. The van der Waals surface area contributed by atoms with Gasteiger partial charge in [-0.25, -0.2) is 8.42 Å². The van der Waals surface area contributed by atoms with Crippen LogP contribution in [-0.2, 0) is 10.0 Å². The van der Waals surface area contributed by atoms with Gasteiger partial charge in [-0.05, 0) is 50.4 Å². The molecule has 2 atom stereocenters. The molecule has 1 saturated heterocycles. The van der Waals surface area contributed by atoms with Gasteiger partial charge in [0.25, 0.3) is 0 Å². The smallest absolute Gasteiger partial charge is 0.243 e. The molecule has 5 nitrogen and oxygen atoms in total. The summed E-state index contributed by atoms with van der Waals surface area (Å²) in [6.45, 7) is 2.98. The Hall–Kier alpha value is -0.950. The van der Waals surface area contributed by atoms with Crippen LogP contribution < -0.4 is 5.32 Å². The number of sulfonamides is 1. The Morgan fingerprint density at radius 3 is 2.90 bits per heavy atom. The predicted octanol–water partition coefficient (Wildman–Crippen LogP) is 1.36. The average molecular weight is 312 g/mol. The van der Waals surface area contributed by atoms with Gasteiger partial charge in [0, 0.05) is 25.7 Å². The largest absolute Gasteiger partial charge is 0.396 e. The Kier molecular flexibility index (Phi) is 5.37. The molecule has 0 aromatic heterocycles. The molecule has 0 saturated carbocycles. The van der Waals surface area contributed by atoms with Crippen molar-refractivity contribution in [3.8, 4) is 0 Å². The first-order valence-electron chi connectivity index (χ1n) is 7.37. The fourth-order valence-electron chi connectivity index (χ4n) is 2.65. The molecule has 6 heteroatoms. The summed E-state index contributed by atoms with van der Waals surface area (Å²) in [4.78, 5) is 0.334. The van der Waals surface area contributed by atoms with Crippen molar-refractivity contribution in [1.29, 1.82) is 0 Å². The minimum Gasteiger partial charge on any atom is -0.396 e. The summed E-state index contributed by atoms with van der Waals surface area (Å²) >= 11 is 0. The van der Waals surface area contributed by atoms with Crippen LogP contribution in [0.15, 0.2) is 29.2 Å². The first-order valence-corrected chi connectivity index (χ1v) is 8.81. The zero-order valence-corrected chi connectivity index (χ0v) is 13.4. The minimum atomic E-state index is -3.47. The summed E-state index contributed by atoms with van der Waals surface area (Å²) < 4.78 is 27.0. The third-order valence-electron chi connectivity index (χ3n) is 4.17. The molecule has 0 spiro atoms. The van der Waals surface area contributed by atoms with Gasteiger partial charge in [-0.1, -0.05) is 12.1 Å². The third kappa shape index (κ3) is 3.63. The molecule has 1 aliphatic rings. The SMILES string of the molecule is CNC(C)c1cccc(S(=O)(=O)N2CCCC(CO)C2)c1. The van der Waals surface area contributed by atoms with Gasteiger partial charge in [-0.15, -0.1) is 0 Å². The van der Waals surface area contributed by atoms with Crippen molar-refractivity contribution in [2.75, 3.05) is 26.7 Å². The summed E-state index contributed by atoms with van der Waals surface area (Å²) in [5, 5.41) is 12.4. The van der Waals surface area contributed by atoms with Gasteiger partial charge in [0.15, 0.2) is 0 Å². The average Bonchev–Trinajstić information content (AvgIpc) is 2.54. The molecular formula is C15H24N2O3S. The molecule has 1 aliphatic heterocycles. The molecule has 1 heterocycles. The topological polar surface area (TPSA) is 69.6 Å². The van der Waals surface area contributed by atoms with Gasteiger partial charge in [-0.2, -0.15) is 4.31 Å². The maximum atomic E-state index is 12.7. The number of hydrogen-bond acceptors (Lipinski definition) is 4. The standard InChI is InChI=1S/C15H24N2O3S/c1-12(16-2)14-6-3-7-15(9-14)21(19,20)17-8-4-5-13(10-17)11-18/h3,6-7,9,12-13,16,18H,4-5,8,10-11H2,1-2H3. The summed E-state index contributed by atoms with van der Waals surface area (Å²) in [5.41, 5.74) is 0.953. The van der Waals surface area contributed by atoms with Crippen molar-refractivity contribution in [1.82, 2.24) is 9.62 Å². The molecule has 21 heavy (non-hydrogen) atoms. The normalized spacial score (nSPS) is 22.1. The van der Waals surface area contributed by atoms with Crippen molar-refractivity contribution < 1.29 is 13.5 Å². The second-order valence-electron chi connectivity index (χ2n) is 5.64. The van der Waals surface area contributed by atoms with Crippen LogP contribution in [0.25, 0.3) is 0 Å². The maximum absolute atomic E-state index is 12.7. The van der Waals surface area contributed by atoms with Crippen molar-refractivity contribution in [3.05, 3.63) is 29.8 Å². The first-order chi connectivity index (χ1) is 9.98. The van der Waals surface area contributed by atoms with Crippen LogP contribution in [0.2, 0.25) is 0 Å². The molecule has 2 N–H and O–H groups in total. The molecule has 0 bridgehead atoms. The van der Waals surface area contributed by atoms with Crippen molar-refractivity contribution in [2.24, 2.45) is 5.92 Å². The molecule has 1 aromatic carbocycles. The summed E-state index contributed by atoms with van der Waals surface area (Å²) in [5.74, 6) is 0.0490. The number of piperidine rings is 1. The van der Waals surface area contributed by atoms with Crippen LogP contribution in [0, 0.1) is 5.92 Å². The number of hydrogen-bond donors (Lipinski definition) is 2. The Balaban J connectivity index is 2.27. The highest BCUT2D eigenvalue weighted by Crippen LogP contribution is 2.25. The Morgan fingerprint density at radius 2 is 2.24 bits per heavy atom. The van der Waals surface area contributed by atoms with E-state index in [1.807, 2.05) is 20.0 Å². The number of benzene rings is 1. The predicted molar refractivity (Wildman–Crippen MR) is 82.5 cm³/mol. The fourth-order valence-corrected chi connectivity index (χ4v) is 4.26. The molecule has 0 amide bonds. The van der Waals surface area contributed by atoms with Gasteiger partial charge in [0.1, 0.15) is 0 Å². The van der Waals surface area contributed by atoms with Gasteiger partial charge >= 0.3 is 0 Å². The van der Waals surface area contributed by atoms with E-state index in [1.54, 1.807) is 18.2 Å². The lowest BCUT2D eigenvalue weighted by Gasteiger charge is -2.31. The van der Waals surface area contributed by atoms with Gasteiger partial charge < -0.3 is 10.4 Å². The van der Waals surface area contributed by atoms with Gasteiger partial charge in [0.2, 0.25) is 10.0 Å². The monoisotopic (exact) mass is 312 g/mol. The highest BCUT2D eigenvalue weighted by Gasteiger charge is 2.30. The third-order valence-corrected chi connectivity index (χ3v) is 6.03. The van der Waals surface area contributed by atoms with E-state index in [1.165, 1.54) is 4.31 Å². The number of nitrogens with one attached hydrogen (secondary N) is 1. The van der Waals surface area contributed by atoms with E-state index in [0.29, 0.717) is 18.0 Å². The van der Waals surface area contributed by atoms with Crippen LogP contribution in [0.5, 0.6) is 0 Å². The number of aliphatic hydroxyl groups is 1. The van der Waals surface area contributed by atoms with E-state index < -0.39 is 10.0 Å². The van der Waals surface area contributed by atoms with E-state index in [-0.39, 0.29) is 18.6 Å². The lowest BCUT2D eigenvalue weighted by atomic mass is 10.0. The van der Waals surface area contributed by atoms with E-state index in [4.69, 9.17) is 0 Å². The Bertz CT molecular complexity index is 574. The molecule has 2 unspecified atom stereocenters. The van der Waals surface area contributed by atoms with Crippen molar-refractivity contribution in [2.45, 2.75) is 30.7 Å². The molecule has 118 valence electrons. The van der Waals surface area contributed by atoms with Crippen LogP contribution in [-0.4, -0.2) is 44.6 Å². The molecule has 2 rings (SSSR count). The van der Waals surface area contributed by atoms with Crippen molar-refractivity contribution in [3.63, 3.8) is 0 Å². The van der Waals surface area contributed by atoms with E-state index in [2.05, 4.69) is 5.32 Å². The van der Waals surface area contributed by atoms with Gasteiger partial charge in [-0.3, -0.25) is 0 Å². The maximum Gasteiger partial charge on any atom is 0.243 e. The quantitative estimate of drug-likeness (QED) is 0.861. The first kappa shape index (κ1) is 16.4. The Labute approximate surface area is 127 Å². The Morgan fingerprint density at radius 1 is 1.48 bits per heavy atom. The molecule has 0 radical (unpaired) electrons. The number of rotatable bonds is 5. The van der Waals surface area contributed by atoms with E-state index in [0.717, 1.165) is 18.4 Å². The fraction of sp³-hybridized carbons (Fsp3) is 0.600. The van der Waals surface area contributed by atoms with E-state index >= 15 is 0 Å². The van der Waals surface area contributed by atoms with Crippen LogP contribution in [0.3, 0.4) is 0 Å².